The van der Waals surface area contributed by atoms with Gasteiger partial charge in [0, 0.05) is 16.5 Å². The van der Waals surface area contributed by atoms with E-state index >= 15 is 0 Å². The second kappa shape index (κ2) is 9.03. The summed E-state index contributed by atoms with van der Waals surface area (Å²) in [4.78, 5) is 18.8. The van der Waals surface area contributed by atoms with Crippen LogP contribution in [0.5, 0.6) is 0 Å². The maximum Gasteiger partial charge on any atom is 0.267 e. The minimum atomic E-state index is -0.0786. The Bertz CT molecular complexity index is 2570. The molecule has 0 unspecified atom stereocenters. The van der Waals surface area contributed by atoms with Crippen molar-refractivity contribution >= 4 is 49.5 Å². The van der Waals surface area contributed by atoms with Crippen molar-refractivity contribution in [2.24, 2.45) is 0 Å². The normalized spacial score (nSPS) is 11.8. The molecule has 0 fully saturated rings. The van der Waals surface area contributed by atoms with Gasteiger partial charge in [-0.15, -0.1) is 0 Å². The molecule has 0 aliphatic rings. The average molecular weight is 553 g/mol. The van der Waals surface area contributed by atoms with Crippen molar-refractivity contribution in [3.63, 3.8) is 0 Å². The van der Waals surface area contributed by atoms with Crippen LogP contribution in [0.25, 0.3) is 72.0 Å². The Labute approximate surface area is 246 Å². The third-order valence-electron chi connectivity index (χ3n) is 8.45. The molecule has 0 saturated carbocycles. The van der Waals surface area contributed by atoms with Gasteiger partial charge in [0.15, 0.2) is 0 Å². The lowest BCUT2D eigenvalue weighted by atomic mass is 10.0. The van der Waals surface area contributed by atoms with Gasteiger partial charge in [-0.3, -0.25) is 9.20 Å². The molecule has 6 aromatic carbocycles. The van der Waals surface area contributed by atoms with Crippen molar-refractivity contribution in [3.05, 3.63) is 156 Å². The monoisotopic (exact) mass is 552 g/mol. The van der Waals surface area contributed by atoms with Crippen molar-refractivity contribution in [1.29, 1.82) is 0 Å². The molecule has 5 heteroatoms. The summed E-state index contributed by atoms with van der Waals surface area (Å²) in [7, 11) is 0. The molecule has 202 valence electrons. The van der Waals surface area contributed by atoms with Crippen LogP contribution in [0.15, 0.2) is 150 Å². The molecule has 0 atom stereocenters. The van der Waals surface area contributed by atoms with Crippen LogP contribution in [-0.4, -0.2) is 18.5 Å². The molecule has 0 aliphatic heterocycles. The number of rotatable bonds is 3. The molecule has 0 saturated heterocycles. The average Bonchev–Trinajstić information content (AvgIpc) is 3.61. The first-order valence-electron chi connectivity index (χ1n) is 14.4. The van der Waals surface area contributed by atoms with Gasteiger partial charge in [0.2, 0.25) is 5.78 Å². The number of fused-ring (bicyclic) bond motifs is 8. The molecule has 3 aromatic heterocycles. The van der Waals surface area contributed by atoms with E-state index in [1.165, 1.54) is 21.8 Å². The lowest BCUT2D eigenvalue weighted by Gasteiger charge is -2.11. The van der Waals surface area contributed by atoms with Gasteiger partial charge in [0.1, 0.15) is 0 Å². The van der Waals surface area contributed by atoms with Crippen molar-refractivity contribution in [1.82, 2.24) is 18.5 Å². The van der Waals surface area contributed by atoms with Crippen LogP contribution in [-0.2, 0) is 0 Å². The van der Waals surface area contributed by atoms with Gasteiger partial charge in [0.05, 0.1) is 38.7 Å². The molecule has 0 aliphatic carbocycles. The lowest BCUT2D eigenvalue weighted by Crippen LogP contribution is -2.21. The fraction of sp³-hybridized carbons (Fsp3) is 0. The zero-order chi connectivity index (χ0) is 28.5. The highest BCUT2D eigenvalue weighted by Crippen LogP contribution is 2.35. The number of para-hydroxylation sites is 4. The molecular formula is C38H24N4O. The van der Waals surface area contributed by atoms with E-state index in [9.17, 15) is 4.79 Å². The maximum atomic E-state index is 13.8. The summed E-state index contributed by atoms with van der Waals surface area (Å²) in [5, 5.41) is 3.08. The quantitative estimate of drug-likeness (QED) is 0.220. The van der Waals surface area contributed by atoms with E-state index in [1.54, 1.807) is 4.57 Å². The van der Waals surface area contributed by atoms with Crippen LogP contribution < -0.4 is 5.56 Å². The third-order valence-corrected chi connectivity index (χ3v) is 8.45. The molecule has 3 heterocycles. The molecule has 9 aromatic rings. The van der Waals surface area contributed by atoms with E-state index in [-0.39, 0.29) is 5.56 Å². The highest BCUT2D eigenvalue weighted by atomic mass is 16.1. The van der Waals surface area contributed by atoms with E-state index in [4.69, 9.17) is 4.98 Å². The van der Waals surface area contributed by atoms with Crippen LogP contribution in [0, 0.1) is 0 Å². The first kappa shape index (κ1) is 23.7. The molecule has 9 rings (SSSR count). The van der Waals surface area contributed by atoms with Crippen molar-refractivity contribution in [2.45, 2.75) is 0 Å². The molecule has 0 spiro atoms. The molecule has 0 amide bonds. The van der Waals surface area contributed by atoms with Crippen LogP contribution in [0.1, 0.15) is 0 Å². The zero-order valence-electron chi connectivity index (χ0n) is 23.1. The Morgan fingerprint density at radius 2 is 1.00 bits per heavy atom. The standard InChI is InChI=1S/C38H24N4O/c43-37-30-16-8-10-18-34(30)42-36-22-20-26(24-32(36)39-38(42)41(37)28-13-5-2-6-14-28)25-19-21-35-31(23-25)29-15-7-9-17-33(29)40(35)27-11-3-1-4-12-27/h1-24H. The lowest BCUT2D eigenvalue weighted by molar-refractivity contribution is 0.983. The first-order valence-corrected chi connectivity index (χ1v) is 14.4. The van der Waals surface area contributed by atoms with Gasteiger partial charge >= 0.3 is 0 Å². The van der Waals surface area contributed by atoms with Crippen LogP contribution in [0.2, 0.25) is 0 Å². The van der Waals surface area contributed by atoms with Gasteiger partial charge in [0.25, 0.3) is 5.56 Å². The summed E-state index contributed by atoms with van der Waals surface area (Å²) in [6.07, 6.45) is 0. The Balaban J connectivity index is 1.29. The number of aromatic nitrogens is 4. The van der Waals surface area contributed by atoms with Crippen LogP contribution >= 0.6 is 0 Å². The third kappa shape index (κ3) is 3.45. The minimum absolute atomic E-state index is 0.0786. The minimum Gasteiger partial charge on any atom is -0.309 e. The maximum absolute atomic E-state index is 13.8. The fourth-order valence-electron chi connectivity index (χ4n) is 6.51. The molecule has 5 nitrogen and oxygen atoms in total. The Hall–Kier alpha value is -5.94. The van der Waals surface area contributed by atoms with Gasteiger partial charge < -0.3 is 4.57 Å². The second-order valence-electron chi connectivity index (χ2n) is 10.9. The summed E-state index contributed by atoms with van der Waals surface area (Å²) in [5.41, 5.74) is 9.05. The highest BCUT2D eigenvalue weighted by Gasteiger charge is 2.18. The predicted molar refractivity (Wildman–Crippen MR) is 176 cm³/mol. The van der Waals surface area contributed by atoms with E-state index < -0.39 is 0 Å². The first-order chi connectivity index (χ1) is 21.3. The molecule has 0 radical (unpaired) electrons. The number of imidazole rings is 1. The summed E-state index contributed by atoms with van der Waals surface area (Å²) >= 11 is 0. The number of benzene rings is 6. The van der Waals surface area contributed by atoms with Gasteiger partial charge in [-0.1, -0.05) is 78.9 Å². The summed E-state index contributed by atoms with van der Waals surface area (Å²) in [6.45, 7) is 0. The van der Waals surface area contributed by atoms with Crippen molar-refractivity contribution < 1.29 is 0 Å². The van der Waals surface area contributed by atoms with Gasteiger partial charge in [-0.05, 0) is 77.9 Å². The Kier molecular flexibility index (Phi) is 4.98. The van der Waals surface area contributed by atoms with E-state index in [0.717, 1.165) is 39.1 Å². The van der Waals surface area contributed by atoms with Gasteiger partial charge in [-0.25, -0.2) is 9.55 Å². The van der Waals surface area contributed by atoms with Crippen molar-refractivity contribution in [3.8, 4) is 22.5 Å². The van der Waals surface area contributed by atoms with Crippen LogP contribution in [0.4, 0.5) is 0 Å². The fourth-order valence-corrected chi connectivity index (χ4v) is 6.51. The zero-order valence-corrected chi connectivity index (χ0v) is 23.1. The molecule has 43 heavy (non-hydrogen) atoms. The Morgan fingerprint density at radius 3 is 1.74 bits per heavy atom. The second-order valence-corrected chi connectivity index (χ2v) is 10.9. The summed E-state index contributed by atoms with van der Waals surface area (Å²) in [5.74, 6) is 0.600. The summed E-state index contributed by atoms with van der Waals surface area (Å²) < 4.78 is 6.14. The van der Waals surface area contributed by atoms with Crippen LogP contribution in [0.3, 0.4) is 0 Å². The highest BCUT2D eigenvalue weighted by molar-refractivity contribution is 6.10. The molecular weight excluding hydrogens is 528 g/mol. The van der Waals surface area contributed by atoms with E-state index in [0.29, 0.717) is 11.2 Å². The van der Waals surface area contributed by atoms with E-state index in [2.05, 4.69) is 93.9 Å². The number of hydrogen-bond acceptors (Lipinski definition) is 2. The molecule has 0 N–H and O–H groups in total. The van der Waals surface area contributed by atoms with Gasteiger partial charge in [-0.2, -0.15) is 0 Å². The SMILES string of the molecule is O=c1c2ccccc2n2c3ccc(-c4ccc5c(c4)c4ccccc4n5-c4ccccc4)cc3nc2n1-c1ccccc1. The largest absolute Gasteiger partial charge is 0.309 e. The summed E-state index contributed by atoms with van der Waals surface area (Å²) in [6, 6.07) is 49.7. The van der Waals surface area contributed by atoms with E-state index in [1.807, 2.05) is 60.7 Å². The smallest absolute Gasteiger partial charge is 0.267 e. The number of nitrogens with zero attached hydrogens (tertiary/aromatic N) is 4. The molecule has 0 bridgehead atoms. The predicted octanol–water partition coefficient (Wildman–Crippen LogP) is 8.56. The number of hydrogen-bond donors (Lipinski definition) is 0. The van der Waals surface area contributed by atoms with Crippen molar-refractivity contribution in [2.75, 3.05) is 0 Å². The Morgan fingerprint density at radius 1 is 0.442 bits per heavy atom. The topological polar surface area (TPSA) is 44.2 Å².